The number of benzene rings is 1. The number of methoxy groups -OCH3 is 1. The quantitative estimate of drug-likeness (QED) is 0.792. The first kappa shape index (κ1) is 10.7. The minimum absolute atomic E-state index is 0.256. The number of H-pyrrole nitrogens is 1. The van der Waals surface area contributed by atoms with Crippen molar-refractivity contribution in [2.24, 2.45) is 0 Å². The van der Waals surface area contributed by atoms with Crippen LogP contribution in [0.4, 0.5) is 4.39 Å². The number of rotatable bonds is 2. The van der Waals surface area contributed by atoms with Crippen molar-refractivity contribution in [2.75, 3.05) is 7.11 Å². The first-order chi connectivity index (χ1) is 7.65. The molecule has 16 heavy (non-hydrogen) atoms. The molecule has 0 fully saturated rings. The molecule has 2 aromatic rings. The second-order valence-electron chi connectivity index (χ2n) is 3.56. The van der Waals surface area contributed by atoms with E-state index in [2.05, 4.69) is 9.72 Å². The van der Waals surface area contributed by atoms with E-state index in [0.29, 0.717) is 23.2 Å². The molecular formula is C12H12FNO2. The summed E-state index contributed by atoms with van der Waals surface area (Å²) in [6.45, 7) is 1.89. The van der Waals surface area contributed by atoms with E-state index < -0.39 is 5.97 Å². The van der Waals surface area contributed by atoms with Crippen LogP contribution in [0.5, 0.6) is 0 Å². The van der Waals surface area contributed by atoms with Crippen LogP contribution in [0.25, 0.3) is 10.9 Å². The Kier molecular flexibility index (Phi) is 2.64. The molecule has 0 aliphatic rings. The lowest BCUT2D eigenvalue weighted by atomic mass is 10.1. The molecule has 0 atom stereocenters. The van der Waals surface area contributed by atoms with Crippen LogP contribution in [0.15, 0.2) is 18.2 Å². The van der Waals surface area contributed by atoms with Gasteiger partial charge in [-0.2, -0.15) is 0 Å². The molecule has 0 radical (unpaired) electrons. The molecule has 0 bridgehead atoms. The summed E-state index contributed by atoms with van der Waals surface area (Å²) in [7, 11) is 1.31. The number of aromatic nitrogens is 1. The van der Waals surface area contributed by atoms with Crippen LogP contribution in [-0.2, 0) is 11.2 Å². The lowest BCUT2D eigenvalue weighted by molar-refractivity contribution is 0.0595. The fourth-order valence-corrected chi connectivity index (χ4v) is 1.69. The Morgan fingerprint density at radius 1 is 1.44 bits per heavy atom. The second-order valence-corrected chi connectivity index (χ2v) is 3.56. The van der Waals surface area contributed by atoms with E-state index in [9.17, 15) is 9.18 Å². The monoisotopic (exact) mass is 221 g/mol. The van der Waals surface area contributed by atoms with E-state index in [1.807, 2.05) is 6.92 Å². The molecule has 0 saturated carbocycles. The normalized spacial score (nSPS) is 10.7. The Morgan fingerprint density at radius 2 is 2.19 bits per heavy atom. The summed E-state index contributed by atoms with van der Waals surface area (Å²) in [6.07, 6.45) is 0.626. The molecule has 84 valence electrons. The summed E-state index contributed by atoms with van der Waals surface area (Å²) < 4.78 is 18.1. The Labute approximate surface area is 92.2 Å². The molecule has 0 aliphatic carbocycles. The molecule has 1 heterocycles. The minimum atomic E-state index is -0.449. The summed E-state index contributed by atoms with van der Waals surface area (Å²) >= 11 is 0. The molecule has 3 nitrogen and oxygen atoms in total. The van der Waals surface area contributed by atoms with Gasteiger partial charge in [0.2, 0.25) is 0 Å². The number of fused-ring (bicyclic) bond motifs is 1. The largest absolute Gasteiger partial charge is 0.464 e. The van der Waals surface area contributed by atoms with E-state index in [1.54, 1.807) is 12.1 Å². The highest BCUT2D eigenvalue weighted by atomic mass is 19.1. The average molecular weight is 221 g/mol. The molecule has 1 N–H and O–H groups in total. The van der Waals surface area contributed by atoms with Crippen molar-refractivity contribution in [3.05, 3.63) is 35.3 Å². The smallest absolute Gasteiger partial charge is 0.354 e. The van der Waals surface area contributed by atoms with E-state index in [-0.39, 0.29) is 5.82 Å². The lowest BCUT2D eigenvalue weighted by Crippen LogP contribution is -2.00. The van der Waals surface area contributed by atoms with Gasteiger partial charge in [-0.25, -0.2) is 9.18 Å². The third kappa shape index (κ3) is 1.66. The van der Waals surface area contributed by atoms with Crippen molar-refractivity contribution in [3.8, 4) is 0 Å². The average Bonchev–Trinajstić information content (AvgIpc) is 2.69. The van der Waals surface area contributed by atoms with E-state index in [0.717, 1.165) is 5.39 Å². The molecule has 0 aliphatic heterocycles. The topological polar surface area (TPSA) is 42.1 Å². The van der Waals surface area contributed by atoms with Gasteiger partial charge in [0.25, 0.3) is 0 Å². The number of halogens is 1. The Hall–Kier alpha value is -1.84. The van der Waals surface area contributed by atoms with Gasteiger partial charge in [0.15, 0.2) is 0 Å². The highest BCUT2D eigenvalue weighted by Gasteiger charge is 2.11. The SMILES string of the molecule is CCc1cc2cc(C(=O)OC)[nH]c2cc1F. The lowest BCUT2D eigenvalue weighted by Gasteiger charge is -1.98. The van der Waals surface area contributed by atoms with Crippen LogP contribution < -0.4 is 0 Å². The van der Waals surface area contributed by atoms with Crippen LogP contribution in [-0.4, -0.2) is 18.1 Å². The van der Waals surface area contributed by atoms with Crippen LogP contribution in [0.1, 0.15) is 23.0 Å². The maximum atomic E-state index is 13.5. The van der Waals surface area contributed by atoms with Crippen molar-refractivity contribution in [1.82, 2.24) is 4.98 Å². The Morgan fingerprint density at radius 3 is 2.81 bits per heavy atom. The Bertz CT molecular complexity index is 545. The molecular weight excluding hydrogens is 209 g/mol. The number of carbonyl (C=O) groups is 1. The van der Waals surface area contributed by atoms with Crippen molar-refractivity contribution in [2.45, 2.75) is 13.3 Å². The number of nitrogens with one attached hydrogen (secondary N) is 1. The van der Waals surface area contributed by atoms with Gasteiger partial charge < -0.3 is 9.72 Å². The number of hydrogen-bond acceptors (Lipinski definition) is 2. The molecule has 4 heteroatoms. The molecule has 1 aromatic heterocycles. The number of carbonyl (C=O) groups excluding carboxylic acids is 1. The first-order valence-corrected chi connectivity index (χ1v) is 5.05. The number of aryl methyl sites for hydroxylation is 1. The summed E-state index contributed by atoms with van der Waals surface area (Å²) in [5.74, 6) is -0.706. The van der Waals surface area contributed by atoms with Gasteiger partial charge in [-0.3, -0.25) is 0 Å². The number of ether oxygens (including phenoxy) is 1. The zero-order valence-electron chi connectivity index (χ0n) is 9.13. The van der Waals surface area contributed by atoms with Crippen molar-refractivity contribution in [3.63, 3.8) is 0 Å². The molecule has 2 rings (SSSR count). The maximum absolute atomic E-state index is 13.5. The van der Waals surface area contributed by atoms with Crippen LogP contribution in [0, 0.1) is 5.82 Å². The summed E-state index contributed by atoms with van der Waals surface area (Å²) in [6, 6.07) is 4.81. The molecule has 0 unspecified atom stereocenters. The van der Waals surface area contributed by atoms with E-state index in [1.165, 1.54) is 13.2 Å². The van der Waals surface area contributed by atoms with Gasteiger partial charge in [-0.15, -0.1) is 0 Å². The third-order valence-corrected chi connectivity index (χ3v) is 2.57. The summed E-state index contributed by atoms with van der Waals surface area (Å²) in [4.78, 5) is 14.1. The molecule has 0 saturated heterocycles. The van der Waals surface area contributed by atoms with E-state index >= 15 is 0 Å². The van der Waals surface area contributed by atoms with E-state index in [4.69, 9.17) is 0 Å². The van der Waals surface area contributed by atoms with Crippen LogP contribution in [0.2, 0.25) is 0 Å². The van der Waals surface area contributed by atoms with Gasteiger partial charge >= 0.3 is 5.97 Å². The highest BCUT2D eigenvalue weighted by molar-refractivity contribution is 5.94. The van der Waals surface area contributed by atoms with Crippen LogP contribution in [0.3, 0.4) is 0 Å². The first-order valence-electron chi connectivity index (χ1n) is 5.05. The fraction of sp³-hybridized carbons (Fsp3) is 0.250. The highest BCUT2D eigenvalue weighted by Crippen LogP contribution is 2.20. The summed E-state index contributed by atoms with van der Waals surface area (Å²) in [5.41, 5.74) is 1.59. The van der Waals surface area contributed by atoms with Gasteiger partial charge in [-0.05, 0) is 30.2 Å². The number of aromatic amines is 1. The predicted octanol–water partition coefficient (Wildman–Crippen LogP) is 2.66. The maximum Gasteiger partial charge on any atom is 0.354 e. The van der Waals surface area contributed by atoms with Gasteiger partial charge in [-0.1, -0.05) is 6.92 Å². The van der Waals surface area contributed by atoms with Crippen molar-refractivity contribution in [1.29, 1.82) is 0 Å². The number of hydrogen-bond donors (Lipinski definition) is 1. The zero-order valence-corrected chi connectivity index (χ0v) is 9.13. The number of esters is 1. The second kappa shape index (κ2) is 3.96. The molecule has 0 spiro atoms. The summed E-state index contributed by atoms with van der Waals surface area (Å²) in [5, 5.41) is 0.818. The standard InChI is InChI=1S/C12H12FNO2/c1-3-7-4-8-5-11(12(15)16-2)14-10(8)6-9(7)13/h4-6,14H,3H2,1-2H3. The van der Waals surface area contributed by atoms with Gasteiger partial charge in [0, 0.05) is 10.9 Å². The fourth-order valence-electron chi connectivity index (χ4n) is 1.69. The third-order valence-electron chi connectivity index (χ3n) is 2.57. The van der Waals surface area contributed by atoms with Crippen molar-refractivity contribution < 1.29 is 13.9 Å². The van der Waals surface area contributed by atoms with Gasteiger partial charge in [0.1, 0.15) is 11.5 Å². The molecule has 1 aromatic carbocycles. The van der Waals surface area contributed by atoms with Crippen LogP contribution >= 0.6 is 0 Å². The zero-order chi connectivity index (χ0) is 11.7. The predicted molar refractivity (Wildman–Crippen MR) is 59.0 cm³/mol. The van der Waals surface area contributed by atoms with Gasteiger partial charge in [0.05, 0.1) is 7.11 Å². The molecule has 0 amide bonds. The minimum Gasteiger partial charge on any atom is -0.464 e. The Balaban J connectivity index is 2.58. The van der Waals surface area contributed by atoms with Crippen molar-refractivity contribution >= 4 is 16.9 Å².